The lowest BCUT2D eigenvalue weighted by atomic mass is 10.1. The van der Waals surface area contributed by atoms with Gasteiger partial charge < -0.3 is 18.6 Å². The smallest absolute Gasteiger partial charge is 0.293 e. The third kappa shape index (κ3) is 4.22. The number of methoxy groups -OCH3 is 3. The van der Waals surface area contributed by atoms with E-state index in [1.165, 1.54) is 0 Å². The summed E-state index contributed by atoms with van der Waals surface area (Å²) >= 11 is 0. The Bertz CT molecular complexity index is 958. The number of aryl methyl sites for hydroxylation is 1. The number of carbonyl (C=O) groups excluding carboxylic acids is 1. The van der Waals surface area contributed by atoms with E-state index in [4.69, 9.17) is 18.6 Å². The number of nitrogens with zero attached hydrogens (tertiary/aromatic N) is 2. The van der Waals surface area contributed by atoms with E-state index >= 15 is 0 Å². The van der Waals surface area contributed by atoms with Crippen LogP contribution in [0.1, 0.15) is 27.6 Å². The molecule has 0 radical (unpaired) electrons. The molecule has 0 spiro atoms. The topological polar surface area (TPSA) is 95.7 Å². The summed E-state index contributed by atoms with van der Waals surface area (Å²) in [4.78, 5) is 20.5. The minimum Gasteiger partial charge on any atom is -0.496 e. The monoisotopic (exact) mass is 383 g/mol. The summed E-state index contributed by atoms with van der Waals surface area (Å²) in [7, 11) is 4.71. The number of benzene rings is 1. The SMILES string of the molecule is COc1cc(OC)c(Cc2ccc(C(=O)Nc3nccc(C)n3)o2)c(OC)c1. The van der Waals surface area contributed by atoms with Gasteiger partial charge in [-0.05, 0) is 25.1 Å². The van der Waals surface area contributed by atoms with Gasteiger partial charge in [0.25, 0.3) is 5.91 Å². The molecule has 0 aliphatic carbocycles. The molecule has 0 saturated heterocycles. The Morgan fingerprint density at radius 1 is 1.07 bits per heavy atom. The molecule has 3 rings (SSSR count). The predicted molar refractivity (Wildman–Crippen MR) is 102 cm³/mol. The molecule has 0 aliphatic rings. The number of hydrogen-bond acceptors (Lipinski definition) is 7. The molecular formula is C20H21N3O5. The van der Waals surface area contributed by atoms with Crippen LogP contribution in [0, 0.1) is 6.92 Å². The van der Waals surface area contributed by atoms with Crippen molar-refractivity contribution in [2.24, 2.45) is 0 Å². The van der Waals surface area contributed by atoms with Crippen LogP contribution < -0.4 is 19.5 Å². The first kappa shape index (κ1) is 19.2. The van der Waals surface area contributed by atoms with Gasteiger partial charge in [-0.3, -0.25) is 10.1 Å². The maximum atomic E-state index is 12.4. The van der Waals surface area contributed by atoms with Crippen molar-refractivity contribution in [1.29, 1.82) is 0 Å². The van der Waals surface area contributed by atoms with Gasteiger partial charge in [-0.2, -0.15) is 0 Å². The van der Waals surface area contributed by atoms with E-state index in [9.17, 15) is 4.79 Å². The molecule has 0 unspecified atom stereocenters. The van der Waals surface area contributed by atoms with Crippen LogP contribution in [0.15, 0.2) is 40.9 Å². The maximum Gasteiger partial charge on any atom is 0.293 e. The fourth-order valence-electron chi connectivity index (χ4n) is 2.69. The van der Waals surface area contributed by atoms with Gasteiger partial charge in [0.15, 0.2) is 5.76 Å². The second kappa shape index (κ2) is 8.43. The van der Waals surface area contributed by atoms with Crippen molar-refractivity contribution in [1.82, 2.24) is 9.97 Å². The van der Waals surface area contributed by atoms with E-state index in [0.29, 0.717) is 29.4 Å². The van der Waals surface area contributed by atoms with Crippen LogP contribution in [0.3, 0.4) is 0 Å². The van der Waals surface area contributed by atoms with Gasteiger partial charge >= 0.3 is 0 Å². The van der Waals surface area contributed by atoms with Crippen molar-refractivity contribution in [2.45, 2.75) is 13.3 Å². The molecular weight excluding hydrogens is 362 g/mol. The molecule has 1 N–H and O–H groups in total. The summed E-state index contributed by atoms with van der Waals surface area (Å²) < 4.78 is 21.9. The zero-order valence-corrected chi connectivity index (χ0v) is 16.1. The highest BCUT2D eigenvalue weighted by atomic mass is 16.5. The van der Waals surface area contributed by atoms with Gasteiger partial charge in [0, 0.05) is 36.0 Å². The number of aromatic nitrogens is 2. The first-order valence-corrected chi connectivity index (χ1v) is 8.52. The molecule has 0 aliphatic heterocycles. The van der Waals surface area contributed by atoms with Crippen molar-refractivity contribution in [3.8, 4) is 17.2 Å². The lowest BCUT2D eigenvalue weighted by Crippen LogP contribution is -2.13. The summed E-state index contributed by atoms with van der Waals surface area (Å²) in [6.45, 7) is 1.82. The summed E-state index contributed by atoms with van der Waals surface area (Å²) in [5.41, 5.74) is 1.54. The van der Waals surface area contributed by atoms with Crippen LogP contribution in [-0.4, -0.2) is 37.2 Å². The number of furan rings is 1. The Kier molecular flexibility index (Phi) is 5.78. The van der Waals surface area contributed by atoms with E-state index in [0.717, 1.165) is 11.3 Å². The van der Waals surface area contributed by atoms with Gasteiger partial charge in [-0.1, -0.05) is 0 Å². The third-order valence-corrected chi connectivity index (χ3v) is 4.07. The van der Waals surface area contributed by atoms with Gasteiger partial charge in [-0.15, -0.1) is 0 Å². The fourth-order valence-corrected chi connectivity index (χ4v) is 2.69. The standard InChI is InChI=1S/C20H21N3O5/c1-12-7-8-21-20(22-12)23-19(24)16-6-5-13(28-16)9-15-17(26-3)10-14(25-2)11-18(15)27-4/h5-8,10-11H,9H2,1-4H3,(H,21,22,23,24). The zero-order chi connectivity index (χ0) is 20.1. The molecule has 28 heavy (non-hydrogen) atoms. The quantitative estimate of drug-likeness (QED) is 0.669. The maximum absolute atomic E-state index is 12.4. The van der Waals surface area contributed by atoms with Crippen LogP contribution in [0.25, 0.3) is 0 Å². The average Bonchev–Trinajstić information content (AvgIpc) is 3.17. The molecule has 1 aromatic carbocycles. The van der Waals surface area contributed by atoms with Crippen molar-refractivity contribution < 1.29 is 23.4 Å². The number of nitrogens with one attached hydrogen (secondary N) is 1. The minimum absolute atomic E-state index is 0.159. The van der Waals surface area contributed by atoms with E-state index in [1.807, 2.05) is 6.92 Å². The minimum atomic E-state index is -0.425. The second-order valence-corrected chi connectivity index (χ2v) is 5.93. The normalized spacial score (nSPS) is 10.4. The molecule has 3 aromatic rings. The van der Waals surface area contributed by atoms with Gasteiger partial charge in [-0.25, -0.2) is 9.97 Å². The third-order valence-electron chi connectivity index (χ3n) is 4.07. The Morgan fingerprint density at radius 2 is 1.79 bits per heavy atom. The lowest BCUT2D eigenvalue weighted by Gasteiger charge is -2.14. The molecule has 0 atom stereocenters. The second-order valence-electron chi connectivity index (χ2n) is 5.93. The van der Waals surface area contributed by atoms with Crippen molar-refractivity contribution >= 4 is 11.9 Å². The molecule has 146 valence electrons. The highest BCUT2D eigenvalue weighted by Gasteiger charge is 2.18. The van der Waals surface area contributed by atoms with Gasteiger partial charge in [0.1, 0.15) is 23.0 Å². The number of rotatable bonds is 7. The van der Waals surface area contributed by atoms with Crippen molar-refractivity contribution in [3.05, 3.63) is 59.3 Å². The van der Waals surface area contributed by atoms with Crippen molar-refractivity contribution in [3.63, 3.8) is 0 Å². The van der Waals surface area contributed by atoms with Crippen LogP contribution in [0.2, 0.25) is 0 Å². The molecule has 2 heterocycles. The van der Waals surface area contributed by atoms with E-state index in [2.05, 4.69) is 15.3 Å². The van der Waals surface area contributed by atoms with Gasteiger partial charge in [0.2, 0.25) is 5.95 Å². The first-order chi connectivity index (χ1) is 13.5. The van der Waals surface area contributed by atoms with Crippen LogP contribution in [0.4, 0.5) is 5.95 Å². The molecule has 0 fully saturated rings. The Hall–Kier alpha value is -3.55. The summed E-state index contributed by atoms with van der Waals surface area (Å²) in [5.74, 6) is 2.37. The first-order valence-electron chi connectivity index (χ1n) is 8.52. The Labute approximate surface area is 162 Å². The van der Waals surface area contributed by atoms with Crippen LogP contribution >= 0.6 is 0 Å². The zero-order valence-electron chi connectivity index (χ0n) is 16.1. The number of anilines is 1. The highest BCUT2D eigenvalue weighted by molar-refractivity contribution is 6.01. The largest absolute Gasteiger partial charge is 0.496 e. The highest BCUT2D eigenvalue weighted by Crippen LogP contribution is 2.35. The number of hydrogen-bond donors (Lipinski definition) is 1. The summed E-state index contributed by atoms with van der Waals surface area (Å²) in [6.07, 6.45) is 1.96. The average molecular weight is 383 g/mol. The van der Waals surface area contributed by atoms with E-state index in [-0.39, 0.29) is 11.7 Å². The lowest BCUT2D eigenvalue weighted by molar-refractivity contribution is 0.0994. The van der Waals surface area contributed by atoms with Crippen molar-refractivity contribution in [2.75, 3.05) is 26.6 Å². The van der Waals surface area contributed by atoms with E-state index < -0.39 is 5.91 Å². The molecule has 1 amide bonds. The fraction of sp³-hybridized carbons (Fsp3) is 0.250. The molecule has 8 nitrogen and oxygen atoms in total. The molecule has 8 heteroatoms. The summed E-state index contributed by atoms with van der Waals surface area (Å²) in [5, 5.41) is 2.62. The summed E-state index contributed by atoms with van der Waals surface area (Å²) in [6, 6.07) is 8.61. The molecule has 2 aromatic heterocycles. The number of amides is 1. The number of carbonyl (C=O) groups is 1. The molecule has 0 bridgehead atoms. The van der Waals surface area contributed by atoms with Gasteiger partial charge in [0.05, 0.1) is 21.3 Å². The van der Waals surface area contributed by atoms with Crippen LogP contribution in [-0.2, 0) is 6.42 Å². The number of ether oxygens (including phenoxy) is 3. The predicted octanol–water partition coefficient (Wildman–Crippen LogP) is 3.25. The van der Waals surface area contributed by atoms with Crippen LogP contribution in [0.5, 0.6) is 17.2 Å². The Morgan fingerprint density at radius 3 is 2.39 bits per heavy atom. The Balaban J connectivity index is 1.80. The van der Waals surface area contributed by atoms with E-state index in [1.54, 1.807) is 57.9 Å². The molecule has 0 saturated carbocycles.